The van der Waals surface area contributed by atoms with E-state index in [-0.39, 0.29) is 11.7 Å². The molecule has 1 aromatic heterocycles. The number of ether oxygens (including phenoxy) is 1. The van der Waals surface area contributed by atoms with Crippen molar-refractivity contribution in [1.82, 2.24) is 4.98 Å². The summed E-state index contributed by atoms with van der Waals surface area (Å²) in [4.78, 5) is 16.4. The molecule has 4 heteroatoms. The van der Waals surface area contributed by atoms with Crippen molar-refractivity contribution in [2.45, 2.75) is 19.3 Å². The monoisotopic (exact) mass is 234 g/mol. The number of carbonyl (C=O) groups is 1. The Bertz CT molecular complexity index is 406. The Hall–Kier alpha value is -1.42. The van der Waals surface area contributed by atoms with Gasteiger partial charge in [-0.05, 0) is 31.4 Å². The third kappa shape index (κ3) is 2.47. The van der Waals surface area contributed by atoms with Gasteiger partial charge in [-0.3, -0.25) is 9.78 Å². The van der Waals surface area contributed by atoms with Crippen molar-refractivity contribution < 1.29 is 9.53 Å². The molecule has 0 aromatic carbocycles. The minimum Gasteiger partial charge on any atom is -0.495 e. The van der Waals surface area contributed by atoms with Crippen molar-refractivity contribution in [3.05, 3.63) is 24.0 Å². The number of methoxy groups -OCH3 is 1. The van der Waals surface area contributed by atoms with Crippen LogP contribution in [0.1, 0.15) is 29.6 Å². The first-order valence-electron chi connectivity index (χ1n) is 5.99. The van der Waals surface area contributed by atoms with E-state index in [1.807, 2.05) is 0 Å². The van der Waals surface area contributed by atoms with Crippen LogP contribution < -0.4 is 10.5 Å². The molecule has 2 rings (SSSR count). The van der Waals surface area contributed by atoms with Crippen LogP contribution in [0, 0.1) is 11.8 Å². The largest absolute Gasteiger partial charge is 0.495 e. The number of Topliss-reactive ketones (excluding diaryl/α,β-unsaturated/α-hetero) is 1. The summed E-state index contributed by atoms with van der Waals surface area (Å²) >= 11 is 0. The van der Waals surface area contributed by atoms with E-state index in [0.717, 1.165) is 19.3 Å². The summed E-state index contributed by atoms with van der Waals surface area (Å²) in [6.45, 7) is 0.591. The van der Waals surface area contributed by atoms with E-state index in [1.165, 1.54) is 0 Å². The zero-order chi connectivity index (χ0) is 12.3. The van der Waals surface area contributed by atoms with Gasteiger partial charge >= 0.3 is 0 Å². The van der Waals surface area contributed by atoms with Crippen molar-refractivity contribution >= 4 is 5.78 Å². The second-order valence-corrected chi connectivity index (χ2v) is 4.51. The second-order valence-electron chi connectivity index (χ2n) is 4.51. The maximum absolute atomic E-state index is 12.3. The predicted octanol–water partition coefficient (Wildman–Crippen LogP) is 1.65. The van der Waals surface area contributed by atoms with Crippen molar-refractivity contribution in [2.75, 3.05) is 13.7 Å². The highest BCUT2D eigenvalue weighted by Gasteiger charge is 2.32. The molecule has 2 unspecified atom stereocenters. The zero-order valence-corrected chi connectivity index (χ0v) is 10.1. The fraction of sp³-hybridized carbons (Fsp3) is 0.538. The molecule has 4 nitrogen and oxygen atoms in total. The first kappa shape index (κ1) is 12.0. The number of nitrogens with zero attached hydrogens (tertiary/aromatic N) is 1. The number of ketones is 1. The van der Waals surface area contributed by atoms with E-state index >= 15 is 0 Å². The third-order valence-corrected chi connectivity index (χ3v) is 3.53. The standard InChI is InChI=1S/C13H18N2O2/c1-17-11-5-10(7-15-8-11)13(16)12-4-2-3-9(12)6-14/h5,7-9,12H,2-4,6,14H2,1H3. The summed E-state index contributed by atoms with van der Waals surface area (Å²) in [5.41, 5.74) is 6.34. The van der Waals surface area contributed by atoms with E-state index in [4.69, 9.17) is 10.5 Å². The van der Waals surface area contributed by atoms with Crippen LogP contribution in [-0.4, -0.2) is 24.4 Å². The Morgan fingerprint density at radius 3 is 3.06 bits per heavy atom. The van der Waals surface area contributed by atoms with E-state index in [0.29, 0.717) is 23.8 Å². The van der Waals surface area contributed by atoms with E-state index in [1.54, 1.807) is 25.6 Å². The van der Waals surface area contributed by atoms with Crippen molar-refractivity contribution in [2.24, 2.45) is 17.6 Å². The average molecular weight is 234 g/mol. The number of pyridine rings is 1. The summed E-state index contributed by atoms with van der Waals surface area (Å²) in [6, 6.07) is 1.75. The molecule has 0 radical (unpaired) electrons. The normalized spacial score (nSPS) is 23.6. The number of rotatable bonds is 4. The summed E-state index contributed by atoms with van der Waals surface area (Å²) in [5, 5.41) is 0. The summed E-state index contributed by atoms with van der Waals surface area (Å²) < 4.78 is 5.08. The molecule has 0 spiro atoms. The molecule has 1 heterocycles. The first-order valence-corrected chi connectivity index (χ1v) is 5.99. The number of carbonyl (C=O) groups excluding carboxylic acids is 1. The van der Waals surface area contributed by atoms with Crippen LogP contribution in [0.5, 0.6) is 5.75 Å². The predicted molar refractivity (Wildman–Crippen MR) is 65.0 cm³/mol. The van der Waals surface area contributed by atoms with Gasteiger partial charge in [0.05, 0.1) is 13.3 Å². The van der Waals surface area contributed by atoms with E-state index in [2.05, 4.69) is 4.98 Å². The molecule has 0 aliphatic heterocycles. The van der Waals surface area contributed by atoms with E-state index in [9.17, 15) is 4.79 Å². The lowest BCUT2D eigenvalue weighted by Gasteiger charge is -2.16. The summed E-state index contributed by atoms with van der Waals surface area (Å²) in [5.74, 6) is 1.17. The van der Waals surface area contributed by atoms with Gasteiger partial charge in [-0.25, -0.2) is 0 Å². The van der Waals surface area contributed by atoms with Crippen LogP contribution >= 0.6 is 0 Å². The molecule has 0 saturated heterocycles. The lowest BCUT2D eigenvalue weighted by molar-refractivity contribution is 0.0892. The van der Waals surface area contributed by atoms with Crippen LogP contribution in [-0.2, 0) is 0 Å². The van der Waals surface area contributed by atoms with Crippen molar-refractivity contribution in [3.63, 3.8) is 0 Å². The molecule has 0 amide bonds. The SMILES string of the molecule is COc1cncc(C(=O)C2CCCC2CN)c1. The van der Waals surface area contributed by atoms with E-state index < -0.39 is 0 Å². The van der Waals surface area contributed by atoms with Gasteiger partial charge in [0.15, 0.2) is 5.78 Å². The molecule has 2 N–H and O–H groups in total. The van der Waals surface area contributed by atoms with Crippen LogP contribution in [0.25, 0.3) is 0 Å². The molecule has 1 saturated carbocycles. The lowest BCUT2D eigenvalue weighted by atomic mass is 9.89. The maximum atomic E-state index is 12.3. The fourth-order valence-corrected chi connectivity index (χ4v) is 2.54. The molecular weight excluding hydrogens is 216 g/mol. The van der Waals surface area contributed by atoms with Gasteiger partial charge in [0.2, 0.25) is 0 Å². The quantitative estimate of drug-likeness (QED) is 0.804. The Balaban J connectivity index is 2.18. The lowest BCUT2D eigenvalue weighted by Crippen LogP contribution is -2.25. The van der Waals surface area contributed by atoms with Gasteiger partial charge in [-0.15, -0.1) is 0 Å². The van der Waals surface area contributed by atoms with Crippen molar-refractivity contribution in [1.29, 1.82) is 0 Å². The van der Waals surface area contributed by atoms with Crippen LogP contribution in [0.2, 0.25) is 0 Å². The van der Waals surface area contributed by atoms with Crippen LogP contribution in [0.4, 0.5) is 0 Å². The first-order chi connectivity index (χ1) is 8.26. The maximum Gasteiger partial charge on any atom is 0.167 e. The molecular formula is C13H18N2O2. The molecule has 17 heavy (non-hydrogen) atoms. The van der Waals surface area contributed by atoms with Gasteiger partial charge in [-0.2, -0.15) is 0 Å². The van der Waals surface area contributed by atoms with Gasteiger partial charge in [-0.1, -0.05) is 6.42 Å². The van der Waals surface area contributed by atoms with Crippen molar-refractivity contribution in [3.8, 4) is 5.75 Å². The third-order valence-electron chi connectivity index (χ3n) is 3.53. The minimum atomic E-state index is 0.0638. The van der Waals surface area contributed by atoms with Crippen LogP contribution in [0.3, 0.4) is 0 Å². The zero-order valence-electron chi connectivity index (χ0n) is 10.1. The number of hydrogen-bond donors (Lipinski definition) is 1. The van der Waals surface area contributed by atoms with Gasteiger partial charge < -0.3 is 10.5 Å². The number of hydrogen-bond acceptors (Lipinski definition) is 4. The average Bonchev–Trinajstić information content (AvgIpc) is 2.86. The summed E-state index contributed by atoms with van der Waals surface area (Å²) in [6.07, 6.45) is 6.31. The Morgan fingerprint density at radius 1 is 1.53 bits per heavy atom. The summed E-state index contributed by atoms with van der Waals surface area (Å²) in [7, 11) is 1.57. The molecule has 1 fully saturated rings. The highest BCUT2D eigenvalue weighted by Crippen LogP contribution is 2.33. The van der Waals surface area contributed by atoms with Gasteiger partial charge in [0.1, 0.15) is 5.75 Å². The Morgan fingerprint density at radius 2 is 2.35 bits per heavy atom. The highest BCUT2D eigenvalue weighted by atomic mass is 16.5. The Kier molecular flexibility index (Phi) is 3.74. The highest BCUT2D eigenvalue weighted by molar-refractivity contribution is 5.98. The minimum absolute atomic E-state index is 0.0638. The topological polar surface area (TPSA) is 65.2 Å². The van der Waals surface area contributed by atoms with Gasteiger partial charge in [0.25, 0.3) is 0 Å². The van der Waals surface area contributed by atoms with Crippen LogP contribution in [0.15, 0.2) is 18.5 Å². The molecule has 0 bridgehead atoms. The molecule has 1 aliphatic carbocycles. The van der Waals surface area contributed by atoms with Gasteiger partial charge in [0, 0.05) is 17.7 Å². The smallest absolute Gasteiger partial charge is 0.167 e. The molecule has 1 aromatic rings. The molecule has 92 valence electrons. The Labute approximate surface area is 101 Å². The fourth-order valence-electron chi connectivity index (χ4n) is 2.54. The number of nitrogens with two attached hydrogens (primary N) is 1. The second kappa shape index (κ2) is 5.27. The molecule has 1 aliphatic rings. The molecule has 2 atom stereocenters. The number of aromatic nitrogens is 1.